The molecule has 59 heavy (non-hydrogen) atoms. The first kappa shape index (κ1) is 39.0. The van der Waals surface area contributed by atoms with Gasteiger partial charge >= 0.3 is 0 Å². The molecule has 2 aliphatic heterocycles. The third kappa shape index (κ3) is 6.51. The number of nitrogens with zero attached hydrogens (tertiary/aromatic N) is 2. The van der Waals surface area contributed by atoms with Crippen LogP contribution in [0.4, 0.5) is 34.1 Å². The van der Waals surface area contributed by atoms with Crippen LogP contribution in [0.3, 0.4) is 0 Å². The lowest BCUT2D eigenvalue weighted by Gasteiger charge is -2.45. The molecule has 0 unspecified atom stereocenters. The lowest BCUT2D eigenvalue weighted by atomic mass is 9.33. The van der Waals surface area contributed by atoms with Crippen molar-refractivity contribution in [1.29, 1.82) is 0 Å². The van der Waals surface area contributed by atoms with Crippen LogP contribution in [0, 0.1) is 6.92 Å². The molecule has 0 radical (unpaired) electrons. The molecule has 0 bridgehead atoms. The summed E-state index contributed by atoms with van der Waals surface area (Å²) in [5.41, 5.74) is 21.1. The normalized spacial score (nSPS) is 14.1. The minimum absolute atomic E-state index is 0.0147. The Morgan fingerprint density at radius 1 is 0.441 bits per heavy atom. The fourth-order valence-corrected chi connectivity index (χ4v) is 9.37. The number of hydrogen-bond acceptors (Lipinski definition) is 3. The molecule has 0 saturated heterocycles. The van der Waals surface area contributed by atoms with Crippen LogP contribution in [0.15, 0.2) is 126 Å². The van der Waals surface area contributed by atoms with Crippen LogP contribution in [0.2, 0.25) is 0 Å². The lowest BCUT2D eigenvalue weighted by molar-refractivity contribution is 0.590. The number of hydrogen-bond donors (Lipinski definition) is 0. The molecular weight excluding hydrogens is 715 g/mol. The summed E-state index contributed by atoms with van der Waals surface area (Å²) in [6.07, 6.45) is 1.82. The van der Waals surface area contributed by atoms with Gasteiger partial charge in [0.2, 0.25) is 0 Å². The molecule has 0 aliphatic carbocycles. The zero-order chi connectivity index (χ0) is 42.0. The quantitative estimate of drug-likeness (QED) is 0.167. The first-order valence-electron chi connectivity index (χ1n) is 21.5. The van der Waals surface area contributed by atoms with Crippen molar-refractivity contribution in [3.63, 3.8) is 0 Å². The molecule has 6 aromatic carbocycles. The molecule has 0 spiro atoms. The van der Waals surface area contributed by atoms with Gasteiger partial charge < -0.3 is 14.2 Å². The van der Waals surface area contributed by atoms with Gasteiger partial charge in [-0.3, -0.25) is 0 Å². The van der Waals surface area contributed by atoms with Gasteiger partial charge in [0.15, 0.2) is 0 Å². The molecule has 298 valence electrons. The van der Waals surface area contributed by atoms with Gasteiger partial charge in [-0.2, -0.15) is 0 Å². The van der Waals surface area contributed by atoms with Gasteiger partial charge in [0.1, 0.15) is 5.58 Å². The summed E-state index contributed by atoms with van der Waals surface area (Å²) in [7, 11) is 0. The van der Waals surface area contributed by atoms with E-state index in [1.165, 1.54) is 83.8 Å². The standard InChI is InChI=1S/C55H59BN2O/c1-34-29-48-51-49(30-34)58(45-24-19-36(53(5,6)7)31-42(45)40-15-14-16-50-41(40)27-28-59-50)47-26-21-38(55(11,12)13)33-44(47)56(51)43-32-37(54(8,9)10)20-25-46(43)57(48)39-22-17-35(18-23-39)52(2,3)4/h14-33H,1-13H3. The van der Waals surface area contributed by atoms with E-state index in [1.54, 1.807) is 0 Å². The van der Waals surface area contributed by atoms with Crippen molar-refractivity contribution in [1.82, 2.24) is 0 Å². The number of benzene rings is 6. The summed E-state index contributed by atoms with van der Waals surface area (Å²) in [6.45, 7) is 30.1. The zero-order valence-corrected chi connectivity index (χ0v) is 37.4. The summed E-state index contributed by atoms with van der Waals surface area (Å²) < 4.78 is 6.02. The van der Waals surface area contributed by atoms with Crippen molar-refractivity contribution in [2.45, 2.75) is 112 Å². The summed E-state index contributed by atoms with van der Waals surface area (Å²) in [5, 5.41) is 1.12. The first-order valence-corrected chi connectivity index (χ1v) is 21.5. The molecule has 1 aromatic heterocycles. The average molecular weight is 775 g/mol. The Hall–Kier alpha value is -5.48. The van der Waals surface area contributed by atoms with Gasteiger partial charge in [-0.25, -0.2) is 0 Å². The van der Waals surface area contributed by atoms with Crippen LogP contribution in [0.1, 0.15) is 111 Å². The van der Waals surface area contributed by atoms with Gasteiger partial charge in [0.05, 0.1) is 12.0 Å². The molecule has 9 rings (SSSR count). The maximum absolute atomic E-state index is 6.02. The van der Waals surface area contributed by atoms with E-state index in [0.29, 0.717) is 0 Å². The Morgan fingerprint density at radius 2 is 0.932 bits per heavy atom. The molecule has 4 heteroatoms. The molecular formula is C55H59BN2O. The minimum atomic E-state index is -0.0376. The largest absolute Gasteiger partial charge is 0.464 e. The number of anilines is 6. The Balaban J connectivity index is 1.40. The van der Waals surface area contributed by atoms with Crippen molar-refractivity contribution in [2.24, 2.45) is 0 Å². The minimum Gasteiger partial charge on any atom is -0.464 e. The average Bonchev–Trinajstić information content (AvgIpc) is 3.65. The van der Waals surface area contributed by atoms with Crippen molar-refractivity contribution in [3.8, 4) is 11.1 Å². The maximum Gasteiger partial charge on any atom is 0.252 e. The zero-order valence-electron chi connectivity index (χ0n) is 37.4. The highest BCUT2D eigenvalue weighted by atomic mass is 16.3. The molecule has 0 N–H and O–H groups in total. The molecule has 2 aliphatic rings. The molecule has 7 aromatic rings. The number of rotatable bonds is 3. The smallest absolute Gasteiger partial charge is 0.252 e. The Bertz CT molecular complexity index is 2780. The highest BCUT2D eigenvalue weighted by Crippen LogP contribution is 2.49. The second-order valence-corrected chi connectivity index (χ2v) is 21.3. The van der Waals surface area contributed by atoms with E-state index in [0.717, 1.165) is 16.7 Å². The van der Waals surface area contributed by atoms with E-state index in [9.17, 15) is 0 Å². The fraction of sp³-hybridized carbons (Fsp3) is 0.309. The first-order chi connectivity index (χ1) is 27.7. The highest BCUT2D eigenvalue weighted by Gasteiger charge is 2.45. The number of furan rings is 1. The van der Waals surface area contributed by atoms with E-state index in [1.807, 2.05) is 6.26 Å². The molecule has 0 fully saturated rings. The SMILES string of the molecule is Cc1cc2c3c(c1)N(c1ccc(C(C)(C)C)cc1-c1cccc4occc14)c1ccc(C(C)(C)C)cc1B3c1cc(C(C)(C)C)ccc1N2c1ccc(C(C)(C)C)cc1. The van der Waals surface area contributed by atoms with Crippen molar-refractivity contribution < 1.29 is 4.42 Å². The predicted octanol–water partition coefficient (Wildman–Crippen LogP) is 13.7. The molecule has 0 amide bonds. The molecule has 0 saturated carbocycles. The van der Waals surface area contributed by atoms with E-state index in [4.69, 9.17) is 4.42 Å². The monoisotopic (exact) mass is 774 g/mol. The third-order valence-corrected chi connectivity index (χ3v) is 12.8. The summed E-state index contributed by atoms with van der Waals surface area (Å²) >= 11 is 0. The highest BCUT2D eigenvalue weighted by molar-refractivity contribution is 7.00. The van der Waals surface area contributed by atoms with Crippen LogP contribution < -0.4 is 26.2 Å². The van der Waals surface area contributed by atoms with Gasteiger partial charge in [-0.1, -0.05) is 138 Å². The van der Waals surface area contributed by atoms with Crippen molar-refractivity contribution in [2.75, 3.05) is 9.80 Å². The van der Waals surface area contributed by atoms with Crippen molar-refractivity contribution in [3.05, 3.63) is 149 Å². The van der Waals surface area contributed by atoms with E-state index in [-0.39, 0.29) is 28.4 Å². The second-order valence-electron chi connectivity index (χ2n) is 21.3. The second kappa shape index (κ2) is 13.3. The molecule has 0 atom stereocenters. The Morgan fingerprint density at radius 3 is 1.49 bits per heavy atom. The van der Waals surface area contributed by atoms with Gasteiger partial charge in [0, 0.05) is 39.4 Å². The van der Waals surface area contributed by atoms with E-state index < -0.39 is 0 Å². The molecule has 3 heterocycles. The van der Waals surface area contributed by atoms with E-state index >= 15 is 0 Å². The third-order valence-electron chi connectivity index (χ3n) is 12.8. The predicted molar refractivity (Wildman–Crippen MR) is 255 cm³/mol. The van der Waals surface area contributed by atoms with Crippen LogP contribution in [0.25, 0.3) is 22.1 Å². The molecule has 3 nitrogen and oxygen atoms in total. The van der Waals surface area contributed by atoms with Gasteiger partial charge in [0.25, 0.3) is 6.71 Å². The Labute approximate surface area is 353 Å². The maximum atomic E-state index is 6.02. The topological polar surface area (TPSA) is 19.6 Å². The van der Waals surface area contributed by atoms with Crippen molar-refractivity contribution >= 4 is 68.2 Å². The van der Waals surface area contributed by atoms with Crippen LogP contribution in [-0.2, 0) is 21.7 Å². The Kier molecular flexibility index (Phi) is 8.77. The summed E-state index contributed by atoms with van der Waals surface area (Å²) in [6, 6.07) is 44.5. The fourth-order valence-electron chi connectivity index (χ4n) is 9.37. The van der Waals surface area contributed by atoms with Crippen LogP contribution >= 0.6 is 0 Å². The summed E-state index contributed by atoms with van der Waals surface area (Å²) in [5.74, 6) is 0. The van der Waals surface area contributed by atoms with E-state index in [2.05, 4.69) is 215 Å². The van der Waals surface area contributed by atoms with Crippen LogP contribution in [-0.4, -0.2) is 6.71 Å². The number of aryl methyl sites for hydroxylation is 1. The van der Waals surface area contributed by atoms with Gasteiger partial charge in [-0.15, -0.1) is 0 Å². The van der Waals surface area contributed by atoms with Gasteiger partial charge in [-0.05, 0) is 139 Å². The number of fused-ring (bicyclic) bond motifs is 5. The lowest BCUT2D eigenvalue weighted by Crippen LogP contribution is -2.61. The van der Waals surface area contributed by atoms with Crippen LogP contribution in [0.5, 0.6) is 0 Å². The summed E-state index contributed by atoms with van der Waals surface area (Å²) in [4.78, 5) is 5.13.